The van der Waals surface area contributed by atoms with Gasteiger partial charge in [-0.15, -0.1) is 0 Å². The first-order chi connectivity index (χ1) is 21.8. The topological polar surface area (TPSA) is 107 Å². The minimum atomic E-state index is -1.76. The van der Waals surface area contributed by atoms with Crippen LogP contribution in [0.3, 0.4) is 0 Å². The predicted octanol–water partition coefficient (Wildman–Crippen LogP) is 6.20. The number of fused-ring (bicyclic) bond motifs is 1. The zero-order valence-corrected chi connectivity index (χ0v) is 25.3. The average molecular weight is 601 g/mol. The van der Waals surface area contributed by atoms with Gasteiger partial charge in [0.15, 0.2) is 0 Å². The molecule has 4 atom stereocenters. The number of benzene rings is 4. The standard InChI is InChI=1S/C38H36N2O5/c1-3-27-11-8-12-28(4-2)34(27)40-35(42)31-32(36(40)43)38(37(44)45,23-26-17-21-30(41)22-18-26)39-33(31)29-19-15-25(16-20-29)14-13-24-9-6-5-7-10-24/h5-22,31-33,39,41H,3-4,23H2,1-2H3,(H,44,45). The summed E-state index contributed by atoms with van der Waals surface area (Å²) in [5, 5.41) is 24.0. The Morgan fingerprint density at radius 2 is 1.40 bits per heavy atom. The highest BCUT2D eigenvalue weighted by atomic mass is 16.4. The zero-order valence-electron chi connectivity index (χ0n) is 25.3. The van der Waals surface area contributed by atoms with Crippen molar-refractivity contribution in [2.45, 2.75) is 44.7 Å². The third kappa shape index (κ3) is 5.34. The number of aryl methyl sites for hydroxylation is 2. The summed E-state index contributed by atoms with van der Waals surface area (Å²) in [5.74, 6) is -4.10. The van der Waals surface area contributed by atoms with Crippen molar-refractivity contribution >= 4 is 35.6 Å². The molecule has 0 aliphatic carbocycles. The van der Waals surface area contributed by atoms with E-state index in [4.69, 9.17) is 0 Å². The van der Waals surface area contributed by atoms with Crippen LogP contribution in [0.2, 0.25) is 0 Å². The van der Waals surface area contributed by atoms with Gasteiger partial charge in [-0.1, -0.05) is 111 Å². The van der Waals surface area contributed by atoms with Crippen LogP contribution in [0.25, 0.3) is 12.2 Å². The summed E-state index contributed by atoms with van der Waals surface area (Å²) >= 11 is 0. The van der Waals surface area contributed by atoms with Gasteiger partial charge in [0.05, 0.1) is 17.5 Å². The number of phenolic OH excluding ortho intramolecular Hbond substituents is 1. The molecule has 45 heavy (non-hydrogen) atoms. The summed E-state index contributed by atoms with van der Waals surface area (Å²) < 4.78 is 0. The molecular formula is C38H36N2O5. The smallest absolute Gasteiger partial charge is 0.325 e. The molecule has 2 saturated heterocycles. The van der Waals surface area contributed by atoms with Crippen LogP contribution in [0.15, 0.2) is 97.1 Å². The van der Waals surface area contributed by atoms with E-state index in [1.54, 1.807) is 12.1 Å². The maximum atomic E-state index is 14.5. The highest BCUT2D eigenvalue weighted by molar-refractivity contribution is 6.25. The fourth-order valence-corrected chi connectivity index (χ4v) is 6.95. The number of hydrogen-bond donors (Lipinski definition) is 3. The Bertz CT molecular complexity index is 1740. The lowest BCUT2D eigenvalue weighted by molar-refractivity contribution is -0.148. The van der Waals surface area contributed by atoms with Crippen LogP contribution in [-0.4, -0.2) is 33.5 Å². The number of nitrogens with one attached hydrogen (secondary N) is 1. The molecule has 0 saturated carbocycles. The number of carboxylic acid groups (broad SMARTS) is 1. The molecule has 3 N–H and O–H groups in total. The van der Waals surface area contributed by atoms with Crippen molar-refractivity contribution in [2.75, 3.05) is 4.90 Å². The Morgan fingerprint density at radius 3 is 1.98 bits per heavy atom. The minimum Gasteiger partial charge on any atom is -0.508 e. The Morgan fingerprint density at radius 1 is 0.800 bits per heavy atom. The number of phenols is 1. The number of carbonyl (C=O) groups is 3. The van der Waals surface area contributed by atoms with Crippen molar-refractivity contribution in [3.63, 3.8) is 0 Å². The van der Waals surface area contributed by atoms with Crippen molar-refractivity contribution in [1.29, 1.82) is 0 Å². The number of carboxylic acids is 1. The summed E-state index contributed by atoms with van der Waals surface area (Å²) in [4.78, 5) is 43.6. The first-order valence-corrected chi connectivity index (χ1v) is 15.4. The van der Waals surface area contributed by atoms with E-state index in [0.29, 0.717) is 24.1 Å². The first kappa shape index (κ1) is 30.0. The Balaban J connectivity index is 1.44. The van der Waals surface area contributed by atoms with Crippen molar-refractivity contribution in [3.05, 3.63) is 130 Å². The van der Waals surface area contributed by atoms with Crippen LogP contribution in [0.1, 0.15) is 53.3 Å². The summed E-state index contributed by atoms with van der Waals surface area (Å²) in [6.07, 6.45) is 5.20. The van der Waals surface area contributed by atoms with Crippen LogP contribution in [0.5, 0.6) is 5.75 Å². The maximum absolute atomic E-state index is 14.5. The van der Waals surface area contributed by atoms with E-state index in [1.165, 1.54) is 17.0 Å². The number of imide groups is 1. The van der Waals surface area contributed by atoms with Crippen LogP contribution >= 0.6 is 0 Å². The fourth-order valence-electron chi connectivity index (χ4n) is 6.95. The molecule has 7 heteroatoms. The summed E-state index contributed by atoms with van der Waals surface area (Å²) in [7, 11) is 0. The number of aromatic hydroxyl groups is 1. The Hall–Kier alpha value is -5.01. The van der Waals surface area contributed by atoms with Crippen LogP contribution in [0.4, 0.5) is 5.69 Å². The Labute approximate surface area is 262 Å². The molecule has 4 unspecified atom stereocenters. The number of nitrogens with zero attached hydrogens (tertiary/aromatic N) is 1. The van der Waals surface area contributed by atoms with Crippen molar-refractivity contribution < 1.29 is 24.6 Å². The summed E-state index contributed by atoms with van der Waals surface area (Å²) in [6.45, 7) is 3.96. The molecule has 0 spiro atoms. The molecule has 2 fully saturated rings. The van der Waals surface area contributed by atoms with E-state index >= 15 is 0 Å². The monoisotopic (exact) mass is 600 g/mol. The van der Waals surface area contributed by atoms with Crippen LogP contribution < -0.4 is 10.2 Å². The van der Waals surface area contributed by atoms with Gasteiger partial charge in [0.2, 0.25) is 11.8 Å². The molecule has 4 aromatic carbocycles. The average Bonchev–Trinajstić information content (AvgIpc) is 3.54. The highest BCUT2D eigenvalue weighted by Gasteiger charge is 2.68. The van der Waals surface area contributed by atoms with Gasteiger partial charge in [-0.2, -0.15) is 0 Å². The van der Waals surface area contributed by atoms with Gasteiger partial charge < -0.3 is 10.2 Å². The third-order valence-corrected chi connectivity index (χ3v) is 9.21. The lowest BCUT2D eigenvalue weighted by atomic mass is 9.76. The van der Waals surface area contributed by atoms with Crippen molar-refractivity contribution in [1.82, 2.24) is 5.32 Å². The molecule has 6 rings (SSSR count). The maximum Gasteiger partial charge on any atom is 0.325 e. The summed E-state index contributed by atoms with van der Waals surface area (Å²) in [5.41, 5.74) is 3.94. The lowest BCUT2D eigenvalue weighted by Gasteiger charge is -2.32. The van der Waals surface area contributed by atoms with Crippen molar-refractivity contribution in [3.8, 4) is 5.75 Å². The van der Waals surface area contributed by atoms with Gasteiger partial charge in [0, 0.05) is 12.5 Å². The molecule has 7 nitrogen and oxygen atoms in total. The van der Waals surface area contributed by atoms with Gasteiger partial charge in [0.25, 0.3) is 0 Å². The molecular weight excluding hydrogens is 564 g/mol. The Kier molecular flexibility index (Phi) is 8.12. The molecule has 228 valence electrons. The highest BCUT2D eigenvalue weighted by Crippen LogP contribution is 2.51. The lowest BCUT2D eigenvalue weighted by Crippen LogP contribution is -2.57. The van der Waals surface area contributed by atoms with Gasteiger partial charge in [-0.05, 0) is 58.4 Å². The second-order valence-electron chi connectivity index (χ2n) is 11.8. The first-order valence-electron chi connectivity index (χ1n) is 15.4. The largest absolute Gasteiger partial charge is 0.508 e. The molecule has 2 amide bonds. The number of aliphatic carboxylic acids is 1. The van der Waals surface area contributed by atoms with Crippen LogP contribution in [0, 0.1) is 11.8 Å². The molecule has 4 aromatic rings. The van der Waals surface area contributed by atoms with E-state index in [9.17, 15) is 24.6 Å². The molecule has 0 aromatic heterocycles. The molecule has 2 aliphatic heterocycles. The predicted molar refractivity (Wildman–Crippen MR) is 175 cm³/mol. The number of rotatable bonds is 9. The molecule has 0 radical (unpaired) electrons. The van der Waals surface area contributed by atoms with Gasteiger partial charge >= 0.3 is 5.97 Å². The van der Waals surface area contributed by atoms with Gasteiger partial charge in [-0.3, -0.25) is 19.7 Å². The molecule has 2 heterocycles. The quantitative estimate of drug-likeness (QED) is 0.156. The number of anilines is 1. The van der Waals surface area contributed by atoms with E-state index in [2.05, 4.69) is 5.32 Å². The summed E-state index contributed by atoms with van der Waals surface area (Å²) in [6, 6.07) is 29.0. The molecule has 0 bridgehead atoms. The van der Waals surface area contributed by atoms with E-state index in [1.807, 2.05) is 98.8 Å². The van der Waals surface area contributed by atoms with E-state index < -0.39 is 35.3 Å². The SMILES string of the molecule is CCc1cccc(CC)c1N1C(=O)C2C(c3ccc(C=Cc4ccccc4)cc3)NC(Cc3ccc(O)cc3)(C(=O)O)C2C1=O. The number of para-hydroxylation sites is 1. The number of amides is 2. The van der Waals surface area contributed by atoms with Crippen LogP contribution in [-0.2, 0) is 33.6 Å². The second kappa shape index (κ2) is 12.2. The third-order valence-electron chi connectivity index (χ3n) is 9.21. The fraction of sp³-hybridized carbons (Fsp3) is 0.237. The number of carbonyl (C=O) groups excluding carboxylic acids is 2. The van der Waals surface area contributed by atoms with Crippen molar-refractivity contribution in [2.24, 2.45) is 11.8 Å². The van der Waals surface area contributed by atoms with Gasteiger partial charge in [-0.25, -0.2) is 4.90 Å². The normalized spacial score (nSPS) is 22.7. The zero-order chi connectivity index (χ0) is 31.7. The number of hydrogen-bond acceptors (Lipinski definition) is 5. The molecule has 2 aliphatic rings. The van der Waals surface area contributed by atoms with E-state index in [-0.39, 0.29) is 18.1 Å². The van der Waals surface area contributed by atoms with E-state index in [0.717, 1.165) is 27.8 Å². The second-order valence-corrected chi connectivity index (χ2v) is 11.8. The minimum absolute atomic E-state index is 0.0406. The van der Waals surface area contributed by atoms with Gasteiger partial charge in [0.1, 0.15) is 11.3 Å².